The molecule has 140 valence electrons. The fourth-order valence-electron chi connectivity index (χ4n) is 2.87. The van der Waals surface area contributed by atoms with Gasteiger partial charge >= 0.3 is 0 Å². The number of aryl methyl sites for hydroxylation is 1. The van der Waals surface area contributed by atoms with E-state index in [9.17, 15) is 9.59 Å². The molecule has 1 aliphatic heterocycles. The summed E-state index contributed by atoms with van der Waals surface area (Å²) >= 11 is 5.97. The van der Waals surface area contributed by atoms with Gasteiger partial charge in [0, 0.05) is 30.3 Å². The van der Waals surface area contributed by atoms with Gasteiger partial charge in [0.25, 0.3) is 0 Å². The van der Waals surface area contributed by atoms with Gasteiger partial charge in [-0.25, -0.2) is 0 Å². The Hall–Kier alpha value is -1.34. The predicted octanol–water partition coefficient (Wildman–Crippen LogP) is 1.80. The molecule has 0 radical (unpaired) electrons. The molecule has 2 amide bonds. The van der Waals surface area contributed by atoms with Crippen molar-refractivity contribution in [1.29, 1.82) is 0 Å². The van der Waals surface area contributed by atoms with E-state index in [0.29, 0.717) is 24.7 Å². The van der Waals surface area contributed by atoms with Crippen LogP contribution in [0.4, 0.5) is 5.69 Å². The number of anilines is 1. The molecule has 6 nitrogen and oxygen atoms in total. The van der Waals surface area contributed by atoms with Crippen LogP contribution in [0.15, 0.2) is 18.2 Å². The van der Waals surface area contributed by atoms with E-state index in [1.54, 1.807) is 12.1 Å². The summed E-state index contributed by atoms with van der Waals surface area (Å²) < 4.78 is 0. The molecule has 0 bridgehead atoms. The first-order chi connectivity index (χ1) is 11.5. The van der Waals surface area contributed by atoms with Crippen molar-refractivity contribution in [2.75, 3.05) is 38.0 Å². The number of hydrogen-bond donors (Lipinski definition) is 3. The third kappa shape index (κ3) is 6.82. The van der Waals surface area contributed by atoms with Crippen LogP contribution >= 0.6 is 24.0 Å². The van der Waals surface area contributed by atoms with Gasteiger partial charge in [-0.15, -0.1) is 12.4 Å². The third-order valence-electron chi connectivity index (χ3n) is 4.16. The molecule has 1 aliphatic rings. The molecule has 4 N–H and O–H groups in total. The van der Waals surface area contributed by atoms with Crippen molar-refractivity contribution in [1.82, 2.24) is 10.2 Å². The zero-order valence-corrected chi connectivity index (χ0v) is 16.0. The number of rotatable bonds is 6. The molecule has 2 rings (SSSR count). The van der Waals surface area contributed by atoms with E-state index in [4.69, 9.17) is 17.3 Å². The summed E-state index contributed by atoms with van der Waals surface area (Å²) in [6, 6.07) is 5.41. The van der Waals surface area contributed by atoms with Crippen molar-refractivity contribution in [3.05, 3.63) is 28.8 Å². The Morgan fingerprint density at radius 2 is 2.16 bits per heavy atom. The maximum absolute atomic E-state index is 12.3. The minimum absolute atomic E-state index is 0. The molecule has 0 saturated carbocycles. The number of amides is 2. The van der Waals surface area contributed by atoms with Gasteiger partial charge in [0.2, 0.25) is 11.8 Å². The lowest BCUT2D eigenvalue weighted by Gasteiger charge is -2.31. The minimum Gasteiger partial charge on any atom is -0.355 e. The summed E-state index contributed by atoms with van der Waals surface area (Å²) in [5, 5.41) is 6.31. The SMILES string of the molecule is Cc1ccc(Cl)cc1NC(=O)CN1CCCC(C(=O)NCCN)C1.Cl. The van der Waals surface area contributed by atoms with Crippen molar-refractivity contribution >= 4 is 41.5 Å². The second-order valence-corrected chi connectivity index (χ2v) is 6.60. The Morgan fingerprint density at radius 1 is 1.40 bits per heavy atom. The van der Waals surface area contributed by atoms with Crippen LogP contribution in [0.3, 0.4) is 0 Å². The smallest absolute Gasteiger partial charge is 0.238 e. The normalized spacial score (nSPS) is 17.5. The van der Waals surface area contributed by atoms with Crippen LogP contribution in [0, 0.1) is 12.8 Å². The van der Waals surface area contributed by atoms with E-state index >= 15 is 0 Å². The quantitative estimate of drug-likeness (QED) is 0.693. The summed E-state index contributed by atoms with van der Waals surface area (Å²) in [5.41, 5.74) is 7.10. The van der Waals surface area contributed by atoms with Crippen LogP contribution in [0.25, 0.3) is 0 Å². The fourth-order valence-corrected chi connectivity index (χ4v) is 3.05. The molecular weight excluding hydrogens is 363 g/mol. The highest BCUT2D eigenvalue weighted by molar-refractivity contribution is 6.31. The fraction of sp³-hybridized carbons (Fsp3) is 0.529. The Bertz CT molecular complexity index is 598. The lowest BCUT2D eigenvalue weighted by molar-refractivity contribution is -0.127. The molecule has 1 atom stereocenters. The Balaban J connectivity index is 0.00000312. The summed E-state index contributed by atoms with van der Waals surface area (Å²) in [6.07, 6.45) is 1.76. The van der Waals surface area contributed by atoms with Crippen molar-refractivity contribution < 1.29 is 9.59 Å². The molecule has 1 saturated heterocycles. The molecule has 0 aromatic heterocycles. The van der Waals surface area contributed by atoms with Gasteiger partial charge in [-0.1, -0.05) is 17.7 Å². The molecule has 25 heavy (non-hydrogen) atoms. The highest BCUT2D eigenvalue weighted by atomic mass is 35.5. The molecule has 8 heteroatoms. The maximum Gasteiger partial charge on any atom is 0.238 e. The monoisotopic (exact) mass is 388 g/mol. The number of benzene rings is 1. The maximum atomic E-state index is 12.3. The molecule has 1 fully saturated rings. The molecule has 1 unspecified atom stereocenters. The van der Waals surface area contributed by atoms with Crippen molar-refractivity contribution in [2.24, 2.45) is 11.7 Å². The standard InChI is InChI=1S/C17H25ClN4O2.ClH/c1-12-4-5-14(18)9-15(12)21-16(23)11-22-8-2-3-13(10-22)17(24)20-7-6-19;/h4-5,9,13H,2-3,6-8,10-11,19H2,1H3,(H,20,24)(H,21,23);1H. The molecule has 0 aliphatic carbocycles. The average molecular weight is 389 g/mol. The summed E-state index contributed by atoms with van der Waals surface area (Å²) in [6.45, 7) is 4.53. The van der Waals surface area contributed by atoms with Crippen molar-refractivity contribution in [3.63, 3.8) is 0 Å². The summed E-state index contributed by atoms with van der Waals surface area (Å²) in [5.74, 6) is -0.148. The number of halogens is 2. The van der Waals surface area contributed by atoms with Gasteiger partial charge in [-0.2, -0.15) is 0 Å². The second kappa shape index (κ2) is 10.6. The van der Waals surface area contributed by atoms with Gasteiger partial charge in [0.15, 0.2) is 0 Å². The van der Waals surface area contributed by atoms with Crippen LogP contribution < -0.4 is 16.4 Å². The van der Waals surface area contributed by atoms with Gasteiger partial charge in [-0.3, -0.25) is 14.5 Å². The first-order valence-electron chi connectivity index (χ1n) is 8.25. The first kappa shape index (κ1) is 21.7. The van der Waals surface area contributed by atoms with Crippen molar-refractivity contribution in [3.8, 4) is 0 Å². The van der Waals surface area contributed by atoms with Crippen molar-refractivity contribution in [2.45, 2.75) is 19.8 Å². The third-order valence-corrected chi connectivity index (χ3v) is 4.40. The zero-order chi connectivity index (χ0) is 17.5. The largest absolute Gasteiger partial charge is 0.355 e. The summed E-state index contributed by atoms with van der Waals surface area (Å²) in [4.78, 5) is 26.4. The van der Waals surface area contributed by atoms with Gasteiger partial charge in [0.05, 0.1) is 12.5 Å². The van der Waals surface area contributed by atoms with Gasteiger partial charge in [-0.05, 0) is 44.0 Å². The molecule has 1 aromatic carbocycles. The Morgan fingerprint density at radius 3 is 2.88 bits per heavy atom. The number of hydrogen-bond acceptors (Lipinski definition) is 4. The minimum atomic E-state index is -0.0941. The van der Waals surface area contributed by atoms with E-state index in [1.807, 2.05) is 17.9 Å². The number of piperidine rings is 1. The zero-order valence-electron chi connectivity index (χ0n) is 14.4. The molecule has 1 heterocycles. The van der Waals surface area contributed by atoms with Crippen LogP contribution in [0.5, 0.6) is 0 Å². The first-order valence-corrected chi connectivity index (χ1v) is 8.63. The summed E-state index contributed by atoms with van der Waals surface area (Å²) in [7, 11) is 0. The van der Waals surface area contributed by atoms with Crippen LogP contribution in [-0.4, -0.2) is 49.4 Å². The Labute approximate surface area is 159 Å². The number of carbonyl (C=O) groups excluding carboxylic acids is 2. The van der Waals surface area contributed by atoms with E-state index in [-0.39, 0.29) is 36.7 Å². The topological polar surface area (TPSA) is 87.5 Å². The number of carbonyl (C=O) groups is 2. The van der Waals surface area contributed by atoms with E-state index < -0.39 is 0 Å². The highest BCUT2D eigenvalue weighted by Gasteiger charge is 2.26. The van der Waals surface area contributed by atoms with E-state index in [0.717, 1.165) is 30.6 Å². The molecule has 1 aromatic rings. The molecule has 0 spiro atoms. The van der Waals surface area contributed by atoms with Crippen LogP contribution in [0.2, 0.25) is 5.02 Å². The highest BCUT2D eigenvalue weighted by Crippen LogP contribution is 2.21. The number of nitrogens with one attached hydrogen (secondary N) is 2. The van der Waals surface area contributed by atoms with E-state index in [2.05, 4.69) is 10.6 Å². The number of nitrogens with zero attached hydrogens (tertiary/aromatic N) is 1. The van der Waals surface area contributed by atoms with E-state index in [1.165, 1.54) is 0 Å². The van der Waals surface area contributed by atoms with Crippen LogP contribution in [-0.2, 0) is 9.59 Å². The van der Waals surface area contributed by atoms with Gasteiger partial charge in [0.1, 0.15) is 0 Å². The average Bonchev–Trinajstić information content (AvgIpc) is 2.56. The van der Waals surface area contributed by atoms with Crippen LogP contribution in [0.1, 0.15) is 18.4 Å². The predicted molar refractivity (Wildman–Crippen MR) is 103 cm³/mol. The second-order valence-electron chi connectivity index (χ2n) is 6.16. The lowest BCUT2D eigenvalue weighted by Crippen LogP contribution is -2.46. The molecular formula is C17H26Cl2N4O2. The Kier molecular flexibility index (Phi) is 9.21. The van der Waals surface area contributed by atoms with Gasteiger partial charge < -0.3 is 16.4 Å². The lowest BCUT2D eigenvalue weighted by atomic mass is 9.97. The number of likely N-dealkylation sites (tertiary alicyclic amines) is 1. The number of nitrogens with two attached hydrogens (primary N) is 1.